The van der Waals surface area contributed by atoms with Crippen LogP contribution >= 0.6 is 11.3 Å². The molecule has 0 unspecified atom stereocenters. The van der Waals surface area contributed by atoms with Gasteiger partial charge in [0.05, 0.1) is 39.5 Å². The van der Waals surface area contributed by atoms with E-state index in [1.54, 1.807) is 24.8 Å². The number of nitrogens with one attached hydrogen (secondary N) is 1. The van der Waals surface area contributed by atoms with Crippen molar-refractivity contribution in [1.82, 2.24) is 15.1 Å². The Morgan fingerprint density at radius 3 is 2.65 bits per heavy atom. The highest BCUT2D eigenvalue weighted by Crippen LogP contribution is 2.34. The zero-order valence-corrected chi connectivity index (χ0v) is 19.8. The number of alkyl halides is 3. The fraction of sp³-hybridized carbons (Fsp3) is 0.280. The largest absolute Gasteiger partial charge is 0.416 e. The molecule has 0 aliphatic rings. The average Bonchev–Trinajstić information content (AvgIpc) is 3.32. The number of thiophene rings is 1. The lowest BCUT2D eigenvalue weighted by Gasteiger charge is -2.08. The number of ether oxygens (including phenoxy) is 1. The fourth-order valence-corrected chi connectivity index (χ4v) is 5.17. The average molecular weight is 488 g/mol. The van der Waals surface area contributed by atoms with Gasteiger partial charge in [0.1, 0.15) is 0 Å². The van der Waals surface area contributed by atoms with Gasteiger partial charge >= 0.3 is 6.18 Å². The van der Waals surface area contributed by atoms with Gasteiger partial charge in [-0.1, -0.05) is 30.3 Å². The van der Waals surface area contributed by atoms with E-state index in [9.17, 15) is 18.0 Å². The molecule has 0 radical (unpaired) electrons. The second-order valence-corrected chi connectivity index (χ2v) is 9.13. The molecule has 0 bridgehead atoms. The lowest BCUT2D eigenvalue weighted by molar-refractivity contribution is -0.137. The molecule has 5 nitrogen and oxygen atoms in total. The van der Waals surface area contributed by atoms with Crippen molar-refractivity contribution in [3.8, 4) is 5.69 Å². The molecule has 0 fully saturated rings. The van der Waals surface area contributed by atoms with Crippen molar-refractivity contribution in [3.63, 3.8) is 0 Å². The van der Waals surface area contributed by atoms with Crippen LogP contribution in [0.1, 0.15) is 37.7 Å². The van der Waals surface area contributed by atoms with Crippen LogP contribution < -0.4 is 5.32 Å². The van der Waals surface area contributed by atoms with E-state index in [2.05, 4.69) is 10.4 Å². The summed E-state index contributed by atoms with van der Waals surface area (Å²) in [6.07, 6.45) is -3.97. The van der Waals surface area contributed by atoms with Crippen LogP contribution in [0.25, 0.3) is 15.8 Å². The Balaban J connectivity index is 1.67. The molecule has 0 saturated carbocycles. The molecule has 178 valence electrons. The Bertz CT molecular complexity index is 1340. The van der Waals surface area contributed by atoms with Gasteiger partial charge in [0, 0.05) is 25.0 Å². The normalized spacial score (nSPS) is 11.8. The third-order valence-corrected chi connectivity index (χ3v) is 6.72. The van der Waals surface area contributed by atoms with E-state index >= 15 is 0 Å². The summed E-state index contributed by atoms with van der Waals surface area (Å²) in [5.41, 5.74) is 2.64. The monoisotopic (exact) mass is 487 g/mol. The van der Waals surface area contributed by atoms with Crippen LogP contribution in [-0.4, -0.2) is 35.9 Å². The number of carbonyl (C=O) groups excluding carboxylic acids is 1. The third kappa shape index (κ3) is 4.85. The molecule has 0 saturated heterocycles. The fourth-order valence-electron chi connectivity index (χ4n) is 3.97. The molecule has 2 aromatic heterocycles. The molecule has 2 aromatic carbocycles. The second-order valence-electron chi connectivity index (χ2n) is 7.99. The zero-order valence-electron chi connectivity index (χ0n) is 19.0. The molecular formula is C25H24F3N3O2S. The van der Waals surface area contributed by atoms with Crippen LogP contribution in [0.4, 0.5) is 13.2 Å². The second kappa shape index (κ2) is 9.60. The number of methoxy groups -OCH3 is 1. The van der Waals surface area contributed by atoms with Gasteiger partial charge in [-0.3, -0.25) is 4.79 Å². The number of nitrogens with zero attached hydrogens (tertiary/aromatic N) is 2. The zero-order chi connectivity index (χ0) is 24.5. The first-order chi connectivity index (χ1) is 16.2. The number of fused-ring (bicyclic) bond motifs is 1. The first kappa shape index (κ1) is 24.0. The molecule has 4 aromatic rings. The van der Waals surface area contributed by atoms with Crippen LogP contribution in [0.15, 0.2) is 48.5 Å². The summed E-state index contributed by atoms with van der Waals surface area (Å²) < 4.78 is 47.0. The van der Waals surface area contributed by atoms with Crippen molar-refractivity contribution in [2.75, 3.05) is 20.3 Å². The molecule has 0 atom stereocenters. The number of rotatable bonds is 7. The summed E-state index contributed by atoms with van der Waals surface area (Å²) in [5.74, 6) is -0.207. The number of benzene rings is 2. The highest BCUT2D eigenvalue weighted by atomic mass is 32.1. The van der Waals surface area contributed by atoms with Crippen molar-refractivity contribution in [3.05, 3.63) is 81.5 Å². The van der Waals surface area contributed by atoms with E-state index in [0.29, 0.717) is 42.1 Å². The minimum atomic E-state index is -4.37. The summed E-state index contributed by atoms with van der Waals surface area (Å²) in [5, 5.41) is 8.43. The maximum Gasteiger partial charge on any atom is 0.416 e. The number of hydrogen-bond acceptors (Lipinski definition) is 4. The van der Waals surface area contributed by atoms with E-state index in [1.165, 1.54) is 23.5 Å². The standard InChI is InChI=1S/C25H24F3N3O2S/c1-15-22(24(32)29-10-11-33-3)16(2)31(30-15)21-9-5-7-18-14-20(34-23(18)21)13-17-6-4-8-19(12-17)25(26,27)28/h4-9,12,14H,10-11,13H2,1-3H3,(H,29,32). The van der Waals surface area contributed by atoms with Crippen molar-refractivity contribution >= 4 is 27.3 Å². The molecule has 1 N–H and O–H groups in total. The highest BCUT2D eigenvalue weighted by molar-refractivity contribution is 7.19. The molecule has 0 aliphatic heterocycles. The highest BCUT2D eigenvalue weighted by Gasteiger charge is 2.30. The lowest BCUT2D eigenvalue weighted by Crippen LogP contribution is -2.27. The maximum atomic E-state index is 13.1. The molecule has 0 spiro atoms. The van der Waals surface area contributed by atoms with Gasteiger partial charge in [-0.05, 0) is 43.0 Å². The minimum absolute atomic E-state index is 0.207. The molecule has 34 heavy (non-hydrogen) atoms. The van der Waals surface area contributed by atoms with Gasteiger partial charge in [-0.25, -0.2) is 4.68 Å². The Morgan fingerprint density at radius 2 is 1.91 bits per heavy atom. The first-order valence-electron chi connectivity index (χ1n) is 10.7. The molecule has 9 heteroatoms. The molecular weight excluding hydrogens is 463 g/mol. The van der Waals surface area contributed by atoms with Gasteiger partial charge in [0.15, 0.2) is 0 Å². The molecule has 0 aliphatic carbocycles. The topological polar surface area (TPSA) is 56.1 Å². The van der Waals surface area contributed by atoms with E-state index in [4.69, 9.17) is 4.74 Å². The predicted octanol–water partition coefficient (Wildman–Crippen LogP) is 5.69. The minimum Gasteiger partial charge on any atom is -0.383 e. The van der Waals surface area contributed by atoms with Crippen LogP contribution in [-0.2, 0) is 17.3 Å². The van der Waals surface area contributed by atoms with E-state index in [-0.39, 0.29) is 5.91 Å². The summed E-state index contributed by atoms with van der Waals surface area (Å²) in [6.45, 7) is 4.46. The van der Waals surface area contributed by atoms with Crippen LogP contribution in [0.3, 0.4) is 0 Å². The molecule has 2 heterocycles. The quantitative estimate of drug-likeness (QED) is 0.341. The number of aromatic nitrogens is 2. The summed E-state index contributed by atoms with van der Waals surface area (Å²) >= 11 is 1.52. The van der Waals surface area contributed by atoms with E-state index < -0.39 is 11.7 Å². The molecule has 4 rings (SSSR count). The third-order valence-electron chi connectivity index (χ3n) is 5.55. The van der Waals surface area contributed by atoms with Gasteiger partial charge in [-0.15, -0.1) is 11.3 Å². The smallest absolute Gasteiger partial charge is 0.383 e. The Hall–Kier alpha value is -3.17. The van der Waals surface area contributed by atoms with Gasteiger partial charge in [0.2, 0.25) is 0 Å². The Labute approximate surface area is 199 Å². The van der Waals surface area contributed by atoms with Gasteiger partial charge in [0.25, 0.3) is 5.91 Å². The summed E-state index contributed by atoms with van der Waals surface area (Å²) in [7, 11) is 1.57. The van der Waals surface area contributed by atoms with Gasteiger partial charge < -0.3 is 10.1 Å². The predicted molar refractivity (Wildman–Crippen MR) is 127 cm³/mol. The van der Waals surface area contributed by atoms with Crippen molar-refractivity contribution in [2.45, 2.75) is 26.4 Å². The summed E-state index contributed by atoms with van der Waals surface area (Å²) in [4.78, 5) is 13.6. The number of amides is 1. The maximum absolute atomic E-state index is 13.1. The van der Waals surface area contributed by atoms with Gasteiger partial charge in [-0.2, -0.15) is 18.3 Å². The first-order valence-corrected chi connectivity index (χ1v) is 11.5. The van der Waals surface area contributed by atoms with Crippen molar-refractivity contribution in [1.29, 1.82) is 0 Å². The SMILES string of the molecule is COCCNC(=O)c1c(C)nn(-c2cccc3cc(Cc4cccc(C(F)(F)F)c4)sc23)c1C. The Morgan fingerprint density at radius 1 is 1.15 bits per heavy atom. The number of halogens is 3. The molecule has 1 amide bonds. The van der Waals surface area contributed by atoms with Crippen molar-refractivity contribution < 1.29 is 22.7 Å². The van der Waals surface area contributed by atoms with Crippen LogP contribution in [0.2, 0.25) is 0 Å². The lowest BCUT2D eigenvalue weighted by atomic mass is 10.1. The van der Waals surface area contributed by atoms with Crippen LogP contribution in [0, 0.1) is 13.8 Å². The Kier molecular flexibility index (Phi) is 6.77. The van der Waals surface area contributed by atoms with Crippen LogP contribution in [0.5, 0.6) is 0 Å². The number of aryl methyl sites for hydroxylation is 1. The van der Waals surface area contributed by atoms with Crippen molar-refractivity contribution in [2.24, 2.45) is 0 Å². The van der Waals surface area contributed by atoms with E-state index in [1.807, 2.05) is 31.2 Å². The number of carbonyl (C=O) groups is 1. The van der Waals surface area contributed by atoms with E-state index in [0.717, 1.165) is 26.7 Å². The number of hydrogen-bond donors (Lipinski definition) is 1. The summed E-state index contributed by atoms with van der Waals surface area (Å²) in [6, 6.07) is 13.2.